The molecule has 0 aliphatic carbocycles. The Labute approximate surface area is 172 Å². The van der Waals surface area contributed by atoms with Gasteiger partial charge in [-0.25, -0.2) is 4.90 Å². The zero-order valence-corrected chi connectivity index (χ0v) is 17.3. The Hall–Kier alpha value is -2.92. The van der Waals surface area contributed by atoms with Gasteiger partial charge in [-0.3, -0.25) is 9.59 Å². The maximum Gasteiger partial charge on any atom is 0.282 e. The molecule has 5 nitrogen and oxygen atoms in total. The quantitative estimate of drug-likeness (QED) is 0.753. The highest BCUT2D eigenvalue weighted by atomic mass is 16.2. The molecule has 0 aromatic heterocycles. The molecule has 2 amide bonds. The number of rotatable bonds is 4. The van der Waals surface area contributed by atoms with Gasteiger partial charge in [0, 0.05) is 26.2 Å². The average Bonchev–Trinajstić information content (AvgIpc) is 2.99. The van der Waals surface area contributed by atoms with E-state index >= 15 is 0 Å². The molecule has 2 aliphatic heterocycles. The summed E-state index contributed by atoms with van der Waals surface area (Å²) in [6.45, 7) is 7.47. The minimum atomic E-state index is -0.243. The molecule has 29 heavy (non-hydrogen) atoms. The van der Waals surface area contributed by atoms with Crippen molar-refractivity contribution in [3.05, 3.63) is 71.4 Å². The number of likely N-dealkylation sites (N-methyl/N-ethyl adjacent to an activating group) is 1. The van der Waals surface area contributed by atoms with Crippen molar-refractivity contribution >= 4 is 23.1 Å². The third-order valence-corrected chi connectivity index (χ3v) is 5.76. The molecule has 2 aromatic rings. The van der Waals surface area contributed by atoms with E-state index in [2.05, 4.69) is 30.7 Å². The first-order valence-electron chi connectivity index (χ1n) is 10.2. The summed E-state index contributed by atoms with van der Waals surface area (Å²) in [7, 11) is 2.08. The Bertz CT molecular complexity index is 940. The SMILES string of the molecule is CC(C)c1ccc(N2C(=O)C(c3ccccc3)=C(N3CCN(C)CC3)C2=O)cc1. The van der Waals surface area contributed by atoms with E-state index in [0.29, 0.717) is 22.9 Å². The molecule has 2 heterocycles. The Morgan fingerprint density at radius 2 is 1.41 bits per heavy atom. The molecule has 0 radical (unpaired) electrons. The van der Waals surface area contributed by atoms with E-state index in [1.807, 2.05) is 54.6 Å². The Balaban J connectivity index is 1.75. The highest BCUT2D eigenvalue weighted by Gasteiger charge is 2.42. The van der Waals surface area contributed by atoms with Crippen molar-refractivity contribution < 1.29 is 9.59 Å². The third kappa shape index (κ3) is 3.58. The Morgan fingerprint density at radius 3 is 2.00 bits per heavy atom. The molecule has 0 spiro atoms. The molecule has 0 saturated carbocycles. The molecular weight excluding hydrogens is 362 g/mol. The van der Waals surface area contributed by atoms with E-state index in [9.17, 15) is 9.59 Å². The van der Waals surface area contributed by atoms with Crippen LogP contribution in [0.3, 0.4) is 0 Å². The van der Waals surface area contributed by atoms with E-state index in [1.165, 1.54) is 10.5 Å². The Morgan fingerprint density at radius 1 is 0.793 bits per heavy atom. The minimum Gasteiger partial charge on any atom is -0.364 e. The van der Waals surface area contributed by atoms with Gasteiger partial charge in [-0.15, -0.1) is 0 Å². The zero-order valence-electron chi connectivity index (χ0n) is 17.3. The van der Waals surface area contributed by atoms with Crippen LogP contribution in [0.25, 0.3) is 5.57 Å². The lowest BCUT2D eigenvalue weighted by Gasteiger charge is -2.34. The standard InChI is InChI=1S/C24H27N3O2/c1-17(2)18-9-11-20(12-10-18)27-23(28)21(19-7-5-4-6-8-19)22(24(27)29)26-15-13-25(3)14-16-26/h4-12,17H,13-16H2,1-3H3. The summed E-state index contributed by atoms with van der Waals surface area (Å²) in [5.41, 5.74) is 3.64. The fourth-order valence-corrected chi connectivity index (χ4v) is 3.95. The lowest BCUT2D eigenvalue weighted by Crippen LogP contribution is -2.46. The molecular formula is C24H27N3O2. The van der Waals surface area contributed by atoms with Gasteiger partial charge in [0.15, 0.2) is 0 Å². The van der Waals surface area contributed by atoms with Gasteiger partial charge in [-0.05, 0) is 36.2 Å². The van der Waals surface area contributed by atoms with Crippen molar-refractivity contribution in [2.75, 3.05) is 38.1 Å². The fourth-order valence-electron chi connectivity index (χ4n) is 3.95. The number of imide groups is 1. The van der Waals surface area contributed by atoms with Gasteiger partial charge in [0.05, 0.1) is 11.3 Å². The molecule has 2 aliphatic rings. The third-order valence-electron chi connectivity index (χ3n) is 5.76. The number of benzene rings is 2. The maximum absolute atomic E-state index is 13.5. The van der Waals surface area contributed by atoms with Crippen LogP contribution in [0.1, 0.15) is 30.9 Å². The number of carbonyl (C=O) groups is 2. The van der Waals surface area contributed by atoms with Crippen LogP contribution in [-0.4, -0.2) is 54.8 Å². The molecule has 2 aromatic carbocycles. The number of nitrogens with zero attached hydrogens (tertiary/aromatic N) is 3. The van der Waals surface area contributed by atoms with Crippen molar-refractivity contribution in [2.24, 2.45) is 0 Å². The van der Waals surface area contributed by atoms with Crippen molar-refractivity contribution in [1.29, 1.82) is 0 Å². The Kier molecular flexibility index (Phi) is 5.24. The van der Waals surface area contributed by atoms with Crippen LogP contribution in [0.2, 0.25) is 0 Å². The van der Waals surface area contributed by atoms with Crippen molar-refractivity contribution in [3.63, 3.8) is 0 Å². The molecule has 5 heteroatoms. The second kappa shape index (κ2) is 7.84. The van der Waals surface area contributed by atoms with Crippen LogP contribution >= 0.6 is 0 Å². The number of anilines is 1. The predicted molar refractivity (Wildman–Crippen MR) is 115 cm³/mol. The van der Waals surface area contributed by atoms with E-state index in [4.69, 9.17) is 0 Å². The fraction of sp³-hybridized carbons (Fsp3) is 0.333. The van der Waals surface area contributed by atoms with Crippen molar-refractivity contribution in [1.82, 2.24) is 9.80 Å². The first kappa shape index (κ1) is 19.4. The molecule has 0 bridgehead atoms. The number of hydrogen-bond acceptors (Lipinski definition) is 4. The van der Waals surface area contributed by atoms with E-state index < -0.39 is 0 Å². The van der Waals surface area contributed by atoms with E-state index in [0.717, 1.165) is 31.7 Å². The molecule has 0 atom stereocenters. The van der Waals surface area contributed by atoms with Crippen LogP contribution in [0.4, 0.5) is 5.69 Å². The van der Waals surface area contributed by atoms with Gasteiger partial charge in [0.25, 0.3) is 11.8 Å². The summed E-state index contributed by atoms with van der Waals surface area (Å²) in [4.78, 5) is 32.6. The minimum absolute atomic E-state index is 0.226. The van der Waals surface area contributed by atoms with Gasteiger partial charge in [0.2, 0.25) is 0 Å². The van der Waals surface area contributed by atoms with Crippen LogP contribution in [0, 0.1) is 0 Å². The number of hydrogen-bond donors (Lipinski definition) is 0. The zero-order chi connectivity index (χ0) is 20.5. The van der Waals surface area contributed by atoms with Gasteiger partial charge in [-0.2, -0.15) is 0 Å². The summed E-state index contributed by atoms with van der Waals surface area (Å²) < 4.78 is 0. The molecule has 4 rings (SSSR count). The van der Waals surface area contributed by atoms with Gasteiger partial charge >= 0.3 is 0 Å². The molecule has 0 N–H and O–H groups in total. The van der Waals surface area contributed by atoms with Crippen LogP contribution < -0.4 is 4.90 Å². The van der Waals surface area contributed by atoms with E-state index in [1.54, 1.807) is 0 Å². The van der Waals surface area contributed by atoms with Crippen LogP contribution in [-0.2, 0) is 9.59 Å². The summed E-state index contributed by atoms with van der Waals surface area (Å²) >= 11 is 0. The molecule has 0 unspecified atom stereocenters. The van der Waals surface area contributed by atoms with Crippen LogP contribution in [0.15, 0.2) is 60.3 Å². The normalized spacial score (nSPS) is 18.3. The monoisotopic (exact) mass is 389 g/mol. The smallest absolute Gasteiger partial charge is 0.282 e. The van der Waals surface area contributed by atoms with Gasteiger partial charge in [-0.1, -0.05) is 56.3 Å². The van der Waals surface area contributed by atoms with Crippen molar-refractivity contribution in [3.8, 4) is 0 Å². The molecule has 1 saturated heterocycles. The van der Waals surface area contributed by atoms with E-state index in [-0.39, 0.29) is 11.8 Å². The second-order valence-electron chi connectivity index (χ2n) is 8.07. The maximum atomic E-state index is 13.5. The van der Waals surface area contributed by atoms with Crippen molar-refractivity contribution in [2.45, 2.75) is 19.8 Å². The summed E-state index contributed by atoms with van der Waals surface area (Å²) in [5.74, 6) is -0.0731. The molecule has 1 fully saturated rings. The highest BCUT2D eigenvalue weighted by molar-refractivity contribution is 6.45. The highest BCUT2D eigenvalue weighted by Crippen LogP contribution is 2.35. The van der Waals surface area contributed by atoms with Gasteiger partial charge in [0.1, 0.15) is 5.70 Å². The number of amides is 2. The summed E-state index contributed by atoms with van der Waals surface area (Å²) in [6, 6.07) is 17.3. The first-order chi connectivity index (χ1) is 14.0. The average molecular weight is 389 g/mol. The summed E-state index contributed by atoms with van der Waals surface area (Å²) in [5, 5.41) is 0. The predicted octanol–water partition coefficient (Wildman–Crippen LogP) is 3.34. The topological polar surface area (TPSA) is 43.9 Å². The molecule has 150 valence electrons. The second-order valence-corrected chi connectivity index (χ2v) is 8.07. The largest absolute Gasteiger partial charge is 0.364 e. The number of piperazine rings is 1. The van der Waals surface area contributed by atoms with Gasteiger partial charge < -0.3 is 9.80 Å². The lowest BCUT2D eigenvalue weighted by molar-refractivity contribution is -0.120. The first-order valence-corrected chi connectivity index (χ1v) is 10.2. The lowest BCUT2D eigenvalue weighted by atomic mass is 10.0. The summed E-state index contributed by atoms with van der Waals surface area (Å²) in [6.07, 6.45) is 0. The number of carbonyl (C=O) groups excluding carboxylic acids is 2. The van der Waals surface area contributed by atoms with Crippen LogP contribution in [0.5, 0.6) is 0 Å².